The highest BCUT2D eigenvalue weighted by Gasteiger charge is 2.07. The maximum Gasteiger partial charge on any atom is 0.341 e. The maximum absolute atomic E-state index is 12.0. The van der Waals surface area contributed by atoms with Crippen LogP contribution in [0, 0.1) is 6.92 Å². The number of hydrazone groups is 1. The van der Waals surface area contributed by atoms with Crippen molar-refractivity contribution in [3.63, 3.8) is 0 Å². The summed E-state index contributed by atoms with van der Waals surface area (Å²) in [6.45, 7) is 3.18. The molecule has 0 aliphatic rings. The van der Waals surface area contributed by atoms with Crippen LogP contribution in [0.15, 0.2) is 47.6 Å². The van der Waals surface area contributed by atoms with Gasteiger partial charge in [0.25, 0.3) is 5.91 Å². The number of nitrogens with zero attached hydrogens (tertiary/aromatic N) is 1. The van der Waals surface area contributed by atoms with Crippen molar-refractivity contribution >= 4 is 29.2 Å². The Labute approximate surface area is 167 Å². The molecule has 0 unspecified atom stereocenters. The van der Waals surface area contributed by atoms with E-state index >= 15 is 0 Å². The van der Waals surface area contributed by atoms with E-state index in [1.54, 1.807) is 42.5 Å². The van der Waals surface area contributed by atoms with Crippen LogP contribution in [0.2, 0.25) is 5.02 Å². The van der Waals surface area contributed by atoms with Crippen LogP contribution in [0.5, 0.6) is 11.5 Å². The fourth-order valence-electron chi connectivity index (χ4n) is 2.25. The third kappa shape index (κ3) is 6.59. The Kier molecular flexibility index (Phi) is 7.83. The molecule has 0 heterocycles. The average molecular weight is 405 g/mol. The number of carbonyl (C=O) groups is 2. The van der Waals surface area contributed by atoms with Crippen LogP contribution >= 0.6 is 11.6 Å². The zero-order valence-corrected chi connectivity index (χ0v) is 16.3. The van der Waals surface area contributed by atoms with Crippen LogP contribution in [0.4, 0.5) is 0 Å². The molecule has 2 aromatic carbocycles. The Morgan fingerprint density at radius 3 is 2.32 bits per heavy atom. The van der Waals surface area contributed by atoms with Crippen molar-refractivity contribution in [1.82, 2.24) is 5.43 Å². The largest absolute Gasteiger partial charge is 0.484 e. The lowest BCUT2D eigenvalue weighted by Gasteiger charge is -2.09. The summed E-state index contributed by atoms with van der Waals surface area (Å²) >= 11 is 5.96. The molecular weight excluding hydrogens is 384 g/mol. The van der Waals surface area contributed by atoms with E-state index in [4.69, 9.17) is 26.2 Å². The van der Waals surface area contributed by atoms with Gasteiger partial charge in [0.15, 0.2) is 13.2 Å². The molecule has 148 valence electrons. The summed E-state index contributed by atoms with van der Waals surface area (Å²) < 4.78 is 10.5. The molecule has 2 N–H and O–H groups in total. The van der Waals surface area contributed by atoms with Crippen molar-refractivity contribution in [3.8, 4) is 11.5 Å². The second kappa shape index (κ2) is 10.3. The molecule has 0 atom stereocenters. The van der Waals surface area contributed by atoms with Gasteiger partial charge in [0, 0.05) is 5.02 Å². The molecular formula is C20H21ClN2O5. The number of amides is 1. The van der Waals surface area contributed by atoms with E-state index in [2.05, 4.69) is 10.5 Å². The molecule has 0 saturated heterocycles. The van der Waals surface area contributed by atoms with Crippen LogP contribution in [0.3, 0.4) is 0 Å². The van der Waals surface area contributed by atoms with Crippen molar-refractivity contribution in [1.29, 1.82) is 0 Å². The first-order chi connectivity index (χ1) is 13.4. The van der Waals surface area contributed by atoms with Gasteiger partial charge >= 0.3 is 5.97 Å². The van der Waals surface area contributed by atoms with Crippen LogP contribution in [0.25, 0.3) is 0 Å². The van der Waals surface area contributed by atoms with Gasteiger partial charge in [0.1, 0.15) is 11.5 Å². The van der Waals surface area contributed by atoms with Crippen molar-refractivity contribution < 1.29 is 24.2 Å². The van der Waals surface area contributed by atoms with E-state index in [0.717, 1.165) is 11.1 Å². The monoisotopic (exact) mass is 404 g/mol. The quantitative estimate of drug-likeness (QED) is 0.493. The first kappa shape index (κ1) is 21.2. The number of ether oxygens (including phenoxy) is 2. The number of aryl methyl sites for hydroxylation is 1. The van der Waals surface area contributed by atoms with E-state index in [1.807, 2.05) is 13.8 Å². The molecule has 28 heavy (non-hydrogen) atoms. The molecule has 1 amide bonds. The number of rotatable bonds is 9. The molecule has 0 fully saturated rings. The second-order valence-corrected chi connectivity index (χ2v) is 6.26. The minimum absolute atomic E-state index is 0.177. The summed E-state index contributed by atoms with van der Waals surface area (Å²) in [5, 5.41) is 13.4. The van der Waals surface area contributed by atoms with Gasteiger partial charge in [0.2, 0.25) is 0 Å². The topological polar surface area (TPSA) is 97.2 Å². The number of aliphatic carboxylic acids is 1. The number of benzene rings is 2. The average Bonchev–Trinajstić information content (AvgIpc) is 2.68. The fraction of sp³-hybridized carbons (Fsp3) is 0.250. The van der Waals surface area contributed by atoms with Crippen molar-refractivity contribution in [2.75, 3.05) is 13.2 Å². The van der Waals surface area contributed by atoms with Crippen LogP contribution < -0.4 is 14.9 Å². The number of carboxylic acid groups (broad SMARTS) is 1. The summed E-state index contributed by atoms with van der Waals surface area (Å²) in [5.41, 5.74) is 4.79. The molecule has 0 radical (unpaired) electrons. The predicted octanol–water partition coefficient (Wildman–Crippen LogP) is 3.42. The lowest BCUT2D eigenvalue weighted by atomic mass is 10.1. The first-order valence-electron chi connectivity index (χ1n) is 8.58. The fourth-order valence-corrected chi connectivity index (χ4v) is 2.37. The second-order valence-electron chi connectivity index (χ2n) is 5.85. The Balaban J connectivity index is 1.91. The molecule has 0 aliphatic heterocycles. The number of halogens is 1. The molecule has 0 bridgehead atoms. The molecule has 0 aliphatic carbocycles. The molecule has 2 aromatic rings. The molecule has 0 aromatic heterocycles. The normalized spacial score (nSPS) is 11.0. The minimum Gasteiger partial charge on any atom is -0.484 e. The number of carboxylic acids is 1. The summed E-state index contributed by atoms with van der Waals surface area (Å²) in [6.07, 6.45) is 0.590. The van der Waals surface area contributed by atoms with Gasteiger partial charge in [0.05, 0.1) is 5.71 Å². The summed E-state index contributed by atoms with van der Waals surface area (Å²) in [5.74, 6) is -0.440. The van der Waals surface area contributed by atoms with Crippen LogP contribution in [-0.4, -0.2) is 35.9 Å². The van der Waals surface area contributed by atoms with Crippen LogP contribution in [0.1, 0.15) is 24.5 Å². The highest BCUT2D eigenvalue weighted by molar-refractivity contribution is 6.31. The Morgan fingerprint density at radius 1 is 1.07 bits per heavy atom. The van der Waals surface area contributed by atoms with Gasteiger partial charge < -0.3 is 14.6 Å². The maximum atomic E-state index is 12.0. The smallest absolute Gasteiger partial charge is 0.341 e. The lowest BCUT2D eigenvalue weighted by molar-refractivity contribution is -0.139. The minimum atomic E-state index is -1.04. The van der Waals surface area contributed by atoms with E-state index < -0.39 is 12.6 Å². The molecule has 8 heteroatoms. The third-order valence-electron chi connectivity index (χ3n) is 3.70. The van der Waals surface area contributed by atoms with Crippen molar-refractivity contribution in [2.45, 2.75) is 20.3 Å². The van der Waals surface area contributed by atoms with Gasteiger partial charge in [-0.25, -0.2) is 10.2 Å². The van der Waals surface area contributed by atoms with E-state index in [-0.39, 0.29) is 12.5 Å². The van der Waals surface area contributed by atoms with E-state index in [9.17, 15) is 9.59 Å². The van der Waals surface area contributed by atoms with Gasteiger partial charge in [-0.15, -0.1) is 0 Å². The zero-order valence-electron chi connectivity index (χ0n) is 15.6. The number of hydrogen-bond donors (Lipinski definition) is 2. The lowest BCUT2D eigenvalue weighted by Crippen LogP contribution is -2.26. The third-order valence-corrected chi connectivity index (χ3v) is 4.12. The Bertz CT molecular complexity index is 865. The van der Waals surface area contributed by atoms with Crippen molar-refractivity contribution in [2.24, 2.45) is 5.10 Å². The van der Waals surface area contributed by atoms with Gasteiger partial charge in [-0.1, -0.05) is 18.5 Å². The standard InChI is InChI=1S/C20H21ClN2O5/c1-3-18(14-4-6-15(7-5-14)28-12-20(25)26)22-23-19(24)11-27-16-8-9-17(21)13(2)10-16/h4-10H,3,11-12H2,1-2H3,(H,23,24)(H,25,26)/b22-18-. The van der Waals surface area contributed by atoms with Gasteiger partial charge in [-0.05, 0) is 66.9 Å². The molecule has 0 saturated carbocycles. The van der Waals surface area contributed by atoms with Gasteiger partial charge in [-0.3, -0.25) is 4.79 Å². The number of nitrogens with one attached hydrogen (secondary N) is 1. The van der Waals surface area contributed by atoms with E-state index in [0.29, 0.717) is 28.7 Å². The zero-order chi connectivity index (χ0) is 20.5. The molecule has 0 spiro atoms. The summed E-state index contributed by atoms with van der Waals surface area (Å²) in [7, 11) is 0. The molecule has 7 nitrogen and oxygen atoms in total. The Morgan fingerprint density at radius 2 is 1.71 bits per heavy atom. The Hall–Kier alpha value is -3.06. The predicted molar refractivity (Wildman–Crippen MR) is 106 cm³/mol. The summed E-state index contributed by atoms with van der Waals surface area (Å²) in [4.78, 5) is 22.5. The highest BCUT2D eigenvalue weighted by atomic mass is 35.5. The first-order valence-corrected chi connectivity index (χ1v) is 8.96. The number of carbonyl (C=O) groups excluding carboxylic acids is 1. The molecule has 2 rings (SSSR count). The number of hydrogen-bond acceptors (Lipinski definition) is 5. The van der Waals surface area contributed by atoms with E-state index in [1.165, 1.54) is 0 Å². The van der Waals surface area contributed by atoms with Crippen LogP contribution in [-0.2, 0) is 9.59 Å². The SMILES string of the molecule is CC/C(=N/NC(=O)COc1ccc(Cl)c(C)c1)c1ccc(OCC(=O)O)cc1. The highest BCUT2D eigenvalue weighted by Crippen LogP contribution is 2.20. The van der Waals surface area contributed by atoms with Gasteiger partial charge in [-0.2, -0.15) is 5.10 Å². The van der Waals surface area contributed by atoms with Crippen molar-refractivity contribution in [3.05, 3.63) is 58.6 Å². The summed E-state index contributed by atoms with van der Waals surface area (Å²) in [6, 6.07) is 12.0.